The number of nitrogens with one attached hydrogen (secondary N) is 1. The molecule has 0 aromatic heterocycles. The maximum atomic E-state index is 12.6. The summed E-state index contributed by atoms with van der Waals surface area (Å²) in [6, 6.07) is 5.88. The minimum absolute atomic E-state index is 0.0438. The number of para-hydroxylation sites is 1. The fourth-order valence-corrected chi connectivity index (χ4v) is 3.20. The van der Waals surface area contributed by atoms with Gasteiger partial charge in [0, 0.05) is 18.8 Å². The molecule has 1 aromatic carbocycles. The van der Waals surface area contributed by atoms with Crippen LogP contribution in [0.5, 0.6) is 0 Å². The van der Waals surface area contributed by atoms with Gasteiger partial charge in [-0.05, 0) is 52.7 Å². The molecule has 4 heteroatoms. The van der Waals surface area contributed by atoms with E-state index in [1.54, 1.807) is 0 Å². The largest absolute Gasteiger partial charge is 0.370 e. The number of nitrogens with zero attached hydrogens (tertiary/aromatic N) is 1. The first-order valence-electron chi connectivity index (χ1n) is 7.98. The van der Waals surface area contributed by atoms with Gasteiger partial charge in [0.25, 0.3) is 0 Å². The highest BCUT2D eigenvalue weighted by Gasteiger charge is 2.35. The van der Waals surface area contributed by atoms with Crippen LogP contribution in [0.1, 0.15) is 38.8 Å². The second kappa shape index (κ2) is 6.39. The lowest BCUT2D eigenvalue weighted by Crippen LogP contribution is -2.57. The van der Waals surface area contributed by atoms with Crippen molar-refractivity contribution in [3.05, 3.63) is 29.3 Å². The number of morpholine rings is 1. The number of aryl methyl sites for hydroxylation is 2. The van der Waals surface area contributed by atoms with Gasteiger partial charge in [0.15, 0.2) is 0 Å². The highest BCUT2D eigenvalue weighted by atomic mass is 16.5. The van der Waals surface area contributed by atoms with Crippen LogP contribution in [0, 0.1) is 13.8 Å². The molecular formula is C18H28N2O2. The molecule has 0 aliphatic carbocycles. The van der Waals surface area contributed by atoms with Crippen molar-refractivity contribution in [2.75, 3.05) is 18.4 Å². The average molecular weight is 304 g/mol. The zero-order valence-corrected chi connectivity index (χ0v) is 14.6. The van der Waals surface area contributed by atoms with E-state index in [9.17, 15) is 4.79 Å². The van der Waals surface area contributed by atoms with Crippen LogP contribution in [-0.4, -0.2) is 41.6 Å². The van der Waals surface area contributed by atoms with Gasteiger partial charge in [-0.2, -0.15) is 0 Å². The lowest BCUT2D eigenvalue weighted by Gasteiger charge is -2.43. The third-order valence-corrected chi connectivity index (χ3v) is 4.25. The van der Waals surface area contributed by atoms with E-state index in [4.69, 9.17) is 4.74 Å². The Bertz CT molecular complexity index is 534. The molecule has 1 N–H and O–H groups in total. The van der Waals surface area contributed by atoms with Crippen molar-refractivity contribution >= 4 is 11.6 Å². The number of anilines is 1. The normalized spacial score (nSPS) is 23.1. The monoisotopic (exact) mass is 304 g/mol. The van der Waals surface area contributed by atoms with E-state index in [1.165, 1.54) is 0 Å². The van der Waals surface area contributed by atoms with Crippen LogP contribution >= 0.6 is 0 Å². The first-order valence-corrected chi connectivity index (χ1v) is 7.98. The molecule has 1 heterocycles. The van der Waals surface area contributed by atoms with E-state index in [2.05, 4.69) is 31.0 Å². The van der Waals surface area contributed by atoms with Crippen molar-refractivity contribution < 1.29 is 9.53 Å². The number of carbonyl (C=O) groups is 1. The van der Waals surface area contributed by atoms with Gasteiger partial charge in [0.2, 0.25) is 5.91 Å². The third-order valence-electron chi connectivity index (χ3n) is 4.25. The van der Waals surface area contributed by atoms with Crippen molar-refractivity contribution in [1.82, 2.24) is 4.90 Å². The van der Waals surface area contributed by atoms with Crippen LogP contribution in [0.15, 0.2) is 18.2 Å². The van der Waals surface area contributed by atoms with E-state index in [0.717, 1.165) is 29.9 Å². The molecule has 2 rings (SSSR count). The fraction of sp³-hybridized carbons (Fsp3) is 0.611. The quantitative estimate of drug-likeness (QED) is 0.933. The summed E-state index contributed by atoms with van der Waals surface area (Å²) in [4.78, 5) is 14.8. The fourth-order valence-electron chi connectivity index (χ4n) is 3.20. The van der Waals surface area contributed by atoms with Gasteiger partial charge in [-0.1, -0.05) is 18.2 Å². The molecule has 122 valence electrons. The summed E-state index contributed by atoms with van der Waals surface area (Å²) in [5.41, 5.74) is 2.90. The summed E-state index contributed by atoms with van der Waals surface area (Å²) >= 11 is 0. The number of ether oxygens (including phenoxy) is 1. The molecule has 1 aliphatic heterocycles. The molecule has 1 aliphatic rings. The van der Waals surface area contributed by atoms with Gasteiger partial charge < -0.3 is 10.1 Å². The van der Waals surface area contributed by atoms with E-state index >= 15 is 0 Å². The highest BCUT2D eigenvalue weighted by Crippen LogP contribution is 2.24. The summed E-state index contributed by atoms with van der Waals surface area (Å²) in [5.74, 6) is 0.0438. The summed E-state index contributed by atoms with van der Waals surface area (Å²) in [6.45, 7) is 13.8. The average Bonchev–Trinajstić information content (AvgIpc) is 2.39. The van der Waals surface area contributed by atoms with Crippen LogP contribution in [-0.2, 0) is 9.53 Å². The van der Waals surface area contributed by atoms with E-state index in [1.807, 2.05) is 39.0 Å². The van der Waals surface area contributed by atoms with Gasteiger partial charge >= 0.3 is 0 Å². The van der Waals surface area contributed by atoms with Gasteiger partial charge in [0.1, 0.15) is 0 Å². The Morgan fingerprint density at radius 2 is 1.95 bits per heavy atom. The van der Waals surface area contributed by atoms with Gasteiger partial charge in [-0.3, -0.25) is 9.69 Å². The van der Waals surface area contributed by atoms with Crippen LogP contribution in [0.3, 0.4) is 0 Å². The van der Waals surface area contributed by atoms with Crippen molar-refractivity contribution in [2.45, 2.75) is 59.3 Å². The van der Waals surface area contributed by atoms with Crippen molar-refractivity contribution in [3.8, 4) is 0 Å². The van der Waals surface area contributed by atoms with Gasteiger partial charge in [-0.15, -0.1) is 0 Å². The minimum Gasteiger partial charge on any atom is -0.370 e. The lowest BCUT2D eigenvalue weighted by atomic mass is 10.0. The van der Waals surface area contributed by atoms with E-state index in [-0.39, 0.29) is 23.7 Å². The zero-order valence-electron chi connectivity index (χ0n) is 14.6. The number of benzene rings is 1. The Morgan fingerprint density at radius 1 is 1.36 bits per heavy atom. The second-order valence-electron chi connectivity index (χ2n) is 7.05. The lowest BCUT2D eigenvalue weighted by molar-refractivity contribution is -0.145. The number of hydrogen-bond donors (Lipinski definition) is 1. The molecule has 1 aromatic rings. The molecule has 1 amide bonds. The number of rotatable bonds is 3. The first-order chi connectivity index (χ1) is 10.2. The van der Waals surface area contributed by atoms with Crippen molar-refractivity contribution in [1.29, 1.82) is 0 Å². The van der Waals surface area contributed by atoms with Crippen molar-refractivity contribution in [3.63, 3.8) is 0 Å². The Hall–Kier alpha value is -1.39. The predicted octanol–water partition coefficient (Wildman–Crippen LogP) is 3.13. The molecule has 0 bridgehead atoms. The van der Waals surface area contributed by atoms with Crippen molar-refractivity contribution in [2.24, 2.45) is 0 Å². The molecule has 1 fully saturated rings. The standard InChI is InChI=1S/C18H28N2O2/c1-12-8-7-9-13(2)16(12)19-17(21)15(4)20-10-14(3)22-18(5,6)11-20/h7-9,14-15H,10-11H2,1-6H3,(H,19,21). The molecule has 0 spiro atoms. The molecule has 22 heavy (non-hydrogen) atoms. The molecule has 0 saturated carbocycles. The Kier molecular flexibility index (Phi) is 4.93. The number of hydrogen-bond acceptors (Lipinski definition) is 3. The Labute approximate surface area is 133 Å². The maximum Gasteiger partial charge on any atom is 0.241 e. The molecule has 1 saturated heterocycles. The van der Waals surface area contributed by atoms with Crippen LogP contribution in [0.2, 0.25) is 0 Å². The van der Waals surface area contributed by atoms with Gasteiger partial charge in [0.05, 0.1) is 17.7 Å². The SMILES string of the molecule is Cc1cccc(C)c1NC(=O)C(C)N1CC(C)OC(C)(C)C1. The Balaban J connectivity index is 2.09. The van der Waals surface area contributed by atoms with Crippen LogP contribution < -0.4 is 5.32 Å². The predicted molar refractivity (Wildman–Crippen MR) is 90.2 cm³/mol. The smallest absolute Gasteiger partial charge is 0.241 e. The zero-order chi connectivity index (χ0) is 16.5. The first kappa shape index (κ1) is 17.0. The maximum absolute atomic E-state index is 12.6. The topological polar surface area (TPSA) is 41.6 Å². The summed E-state index contributed by atoms with van der Waals surface area (Å²) in [7, 11) is 0. The molecule has 2 atom stereocenters. The summed E-state index contributed by atoms with van der Waals surface area (Å²) in [5, 5.41) is 3.10. The summed E-state index contributed by atoms with van der Waals surface area (Å²) in [6.07, 6.45) is 0.138. The van der Waals surface area contributed by atoms with Crippen LogP contribution in [0.25, 0.3) is 0 Å². The summed E-state index contributed by atoms with van der Waals surface area (Å²) < 4.78 is 5.92. The minimum atomic E-state index is -0.217. The molecule has 2 unspecified atom stereocenters. The molecule has 4 nitrogen and oxygen atoms in total. The van der Waals surface area contributed by atoms with E-state index < -0.39 is 0 Å². The van der Waals surface area contributed by atoms with E-state index in [0.29, 0.717) is 0 Å². The van der Waals surface area contributed by atoms with Crippen LogP contribution in [0.4, 0.5) is 5.69 Å². The number of carbonyl (C=O) groups excluding carboxylic acids is 1. The van der Waals surface area contributed by atoms with Gasteiger partial charge in [-0.25, -0.2) is 0 Å². The second-order valence-corrected chi connectivity index (χ2v) is 7.05. The highest BCUT2D eigenvalue weighted by molar-refractivity contribution is 5.95. The molecular weight excluding hydrogens is 276 g/mol. The Morgan fingerprint density at radius 3 is 2.50 bits per heavy atom. The molecule has 0 radical (unpaired) electrons. The number of amides is 1. The third kappa shape index (κ3) is 3.87.